The van der Waals surface area contributed by atoms with Gasteiger partial charge in [0.25, 0.3) is 0 Å². The lowest BCUT2D eigenvalue weighted by atomic mass is 9.93. The summed E-state index contributed by atoms with van der Waals surface area (Å²) in [6.07, 6.45) is 5.75. The molecule has 0 aromatic carbocycles. The minimum absolute atomic E-state index is 0.625. The van der Waals surface area contributed by atoms with E-state index in [1.807, 2.05) is 12.3 Å². The van der Waals surface area contributed by atoms with Crippen LogP contribution in [-0.4, -0.2) is 54.1 Å². The molecule has 1 saturated heterocycles. The average Bonchev–Trinajstić information content (AvgIpc) is 2.35. The van der Waals surface area contributed by atoms with Crippen molar-refractivity contribution in [2.24, 2.45) is 0 Å². The van der Waals surface area contributed by atoms with Crippen LogP contribution in [0.1, 0.15) is 19.3 Å². The van der Waals surface area contributed by atoms with Crippen molar-refractivity contribution in [2.45, 2.75) is 25.3 Å². The van der Waals surface area contributed by atoms with Crippen molar-refractivity contribution in [3.05, 3.63) is 12.3 Å². The first-order valence-corrected chi connectivity index (χ1v) is 6.84. The summed E-state index contributed by atoms with van der Waals surface area (Å²) in [5.41, 5.74) is 0. The van der Waals surface area contributed by atoms with Gasteiger partial charge in [0.2, 0.25) is 5.95 Å². The van der Waals surface area contributed by atoms with E-state index in [4.69, 9.17) is 0 Å². The maximum atomic E-state index is 4.63. The molecule has 2 aliphatic rings. The second-order valence-corrected chi connectivity index (χ2v) is 5.30. The first-order chi connectivity index (χ1) is 8.81. The monoisotopic (exact) mass is 247 g/mol. The molecule has 0 unspecified atom stereocenters. The van der Waals surface area contributed by atoms with Gasteiger partial charge in [0.1, 0.15) is 5.82 Å². The largest absolute Gasteiger partial charge is 0.367 e. The Morgan fingerprint density at radius 2 is 2.00 bits per heavy atom. The zero-order valence-electron chi connectivity index (χ0n) is 11.0. The third-order valence-electron chi connectivity index (χ3n) is 3.89. The van der Waals surface area contributed by atoms with E-state index in [1.165, 1.54) is 19.3 Å². The van der Waals surface area contributed by atoms with Gasteiger partial charge in [-0.2, -0.15) is 4.98 Å². The van der Waals surface area contributed by atoms with Crippen LogP contribution in [-0.2, 0) is 0 Å². The second-order valence-electron chi connectivity index (χ2n) is 5.30. The highest BCUT2D eigenvalue weighted by atomic mass is 15.3. The average molecular weight is 247 g/mol. The van der Waals surface area contributed by atoms with Crippen LogP contribution in [0.25, 0.3) is 0 Å². The standard InChI is InChI=1S/C13H21N5/c1-17-7-9-18(10-8-17)13-14-6-5-12(16-13)15-11-3-2-4-11/h5-6,11H,2-4,7-10H2,1H3,(H,14,15,16). The highest BCUT2D eigenvalue weighted by Crippen LogP contribution is 2.22. The van der Waals surface area contributed by atoms with Crippen LogP contribution in [0.4, 0.5) is 11.8 Å². The van der Waals surface area contributed by atoms with Crippen LogP contribution in [0.5, 0.6) is 0 Å². The summed E-state index contributed by atoms with van der Waals surface area (Å²) in [7, 11) is 2.16. The first-order valence-electron chi connectivity index (χ1n) is 6.84. The van der Waals surface area contributed by atoms with E-state index in [1.54, 1.807) is 0 Å². The zero-order valence-corrected chi connectivity index (χ0v) is 11.0. The molecule has 2 fully saturated rings. The van der Waals surface area contributed by atoms with Gasteiger partial charge < -0.3 is 15.1 Å². The number of rotatable bonds is 3. The maximum Gasteiger partial charge on any atom is 0.227 e. The van der Waals surface area contributed by atoms with Crippen molar-refractivity contribution < 1.29 is 0 Å². The van der Waals surface area contributed by atoms with Gasteiger partial charge in [0.15, 0.2) is 0 Å². The molecule has 1 saturated carbocycles. The number of nitrogens with one attached hydrogen (secondary N) is 1. The molecular formula is C13H21N5. The Morgan fingerprint density at radius 1 is 1.22 bits per heavy atom. The van der Waals surface area contributed by atoms with Crippen molar-refractivity contribution in [3.63, 3.8) is 0 Å². The Labute approximate surface area is 108 Å². The zero-order chi connectivity index (χ0) is 12.4. The molecule has 1 aromatic rings. The van der Waals surface area contributed by atoms with Crippen molar-refractivity contribution in [1.82, 2.24) is 14.9 Å². The Hall–Kier alpha value is -1.36. The Morgan fingerprint density at radius 3 is 2.67 bits per heavy atom. The molecule has 0 amide bonds. The summed E-state index contributed by atoms with van der Waals surface area (Å²) in [5, 5.41) is 3.48. The molecule has 2 heterocycles. The summed E-state index contributed by atoms with van der Waals surface area (Å²) in [6.45, 7) is 4.21. The minimum Gasteiger partial charge on any atom is -0.367 e. The lowest BCUT2D eigenvalue weighted by molar-refractivity contribution is 0.311. The molecule has 3 rings (SSSR count). The van der Waals surface area contributed by atoms with Gasteiger partial charge in [-0.15, -0.1) is 0 Å². The van der Waals surface area contributed by atoms with E-state index < -0.39 is 0 Å². The predicted molar refractivity (Wildman–Crippen MR) is 73.0 cm³/mol. The lowest BCUT2D eigenvalue weighted by Gasteiger charge is -2.32. The molecule has 0 bridgehead atoms. The van der Waals surface area contributed by atoms with Crippen molar-refractivity contribution >= 4 is 11.8 Å². The molecule has 1 aromatic heterocycles. The van der Waals surface area contributed by atoms with E-state index in [0.717, 1.165) is 37.9 Å². The fourth-order valence-electron chi connectivity index (χ4n) is 2.35. The highest BCUT2D eigenvalue weighted by Gasteiger charge is 2.19. The van der Waals surface area contributed by atoms with Gasteiger partial charge in [0, 0.05) is 38.4 Å². The van der Waals surface area contributed by atoms with Gasteiger partial charge in [-0.3, -0.25) is 0 Å². The van der Waals surface area contributed by atoms with Crippen molar-refractivity contribution in [3.8, 4) is 0 Å². The molecule has 18 heavy (non-hydrogen) atoms. The van der Waals surface area contributed by atoms with Crippen LogP contribution in [0.3, 0.4) is 0 Å². The number of nitrogens with zero attached hydrogens (tertiary/aromatic N) is 4. The number of likely N-dealkylation sites (N-methyl/N-ethyl adjacent to an activating group) is 1. The van der Waals surface area contributed by atoms with Crippen LogP contribution in [0, 0.1) is 0 Å². The Bertz CT molecular complexity index is 396. The van der Waals surface area contributed by atoms with E-state index in [-0.39, 0.29) is 0 Å². The lowest BCUT2D eigenvalue weighted by Crippen LogP contribution is -2.45. The van der Waals surface area contributed by atoms with Gasteiger partial charge in [-0.25, -0.2) is 4.98 Å². The quantitative estimate of drug-likeness (QED) is 0.869. The number of anilines is 2. The fourth-order valence-corrected chi connectivity index (χ4v) is 2.35. The summed E-state index contributed by atoms with van der Waals surface area (Å²) < 4.78 is 0. The topological polar surface area (TPSA) is 44.3 Å². The predicted octanol–water partition coefficient (Wildman–Crippen LogP) is 1.19. The first kappa shape index (κ1) is 11.7. The number of hydrogen-bond acceptors (Lipinski definition) is 5. The summed E-state index contributed by atoms with van der Waals surface area (Å²) in [4.78, 5) is 13.6. The second kappa shape index (κ2) is 5.10. The van der Waals surface area contributed by atoms with Gasteiger partial charge in [-0.05, 0) is 32.4 Å². The SMILES string of the molecule is CN1CCN(c2nccc(NC3CCC3)n2)CC1. The van der Waals surface area contributed by atoms with Crippen molar-refractivity contribution in [1.29, 1.82) is 0 Å². The van der Waals surface area contributed by atoms with Crippen LogP contribution in [0.2, 0.25) is 0 Å². The third kappa shape index (κ3) is 2.56. The number of piperazine rings is 1. The van der Waals surface area contributed by atoms with Crippen LogP contribution in [0.15, 0.2) is 12.3 Å². The smallest absolute Gasteiger partial charge is 0.227 e. The molecule has 1 aliphatic heterocycles. The molecule has 1 aliphatic carbocycles. The molecule has 98 valence electrons. The van der Waals surface area contributed by atoms with E-state index in [9.17, 15) is 0 Å². The minimum atomic E-state index is 0.625. The number of hydrogen-bond donors (Lipinski definition) is 1. The van der Waals surface area contributed by atoms with E-state index in [2.05, 4.69) is 32.1 Å². The van der Waals surface area contributed by atoms with Gasteiger partial charge >= 0.3 is 0 Å². The fraction of sp³-hybridized carbons (Fsp3) is 0.692. The van der Waals surface area contributed by atoms with Crippen LogP contribution >= 0.6 is 0 Å². The normalized spacial score (nSPS) is 21.7. The molecule has 0 atom stereocenters. The summed E-state index contributed by atoms with van der Waals surface area (Å²) >= 11 is 0. The highest BCUT2D eigenvalue weighted by molar-refractivity contribution is 5.42. The van der Waals surface area contributed by atoms with E-state index in [0.29, 0.717) is 6.04 Å². The van der Waals surface area contributed by atoms with Crippen LogP contribution < -0.4 is 10.2 Å². The molecule has 5 heteroatoms. The summed E-state index contributed by atoms with van der Waals surface area (Å²) in [5.74, 6) is 1.84. The number of aromatic nitrogens is 2. The van der Waals surface area contributed by atoms with E-state index >= 15 is 0 Å². The Balaban J connectivity index is 1.66. The van der Waals surface area contributed by atoms with Crippen molar-refractivity contribution in [2.75, 3.05) is 43.4 Å². The third-order valence-corrected chi connectivity index (χ3v) is 3.89. The molecule has 0 spiro atoms. The molecule has 1 N–H and O–H groups in total. The van der Waals surface area contributed by atoms with Gasteiger partial charge in [-0.1, -0.05) is 0 Å². The maximum absolute atomic E-state index is 4.63. The molecule has 0 radical (unpaired) electrons. The molecular weight excluding hydrogens is 226 g/mol. The molecule has 5 nitrogen and oxygen atoms in total. The Kier molecular flexibility index (Phi) is 3.32. The summed E-state index contributed by atoms with van der Waals surface area (Å²) in [6, 6.07) is 2.60. The van der Waals surface area contributed by atoms with Gasteiger partial charge in [0.05, 0.1) is 0 Å².